The summed E-state index contributed by atoms with van der Waals surface area (Å²) >= 11 is 0. The van der Waals surface area contributed by atoms with E-state index >= 15 is 0 Å². The Hall–Kier alpha value is -3.41. The van der Waals surface area contributed by atoms with Crippen molar-refractivity contribution in [2.24, 2.45) is 0 Å². The Morgan fingerprint density at radius 2 is 1.65 bits per heavy atom. The van der Waals surface area contributed by atoms with Gasteiger partial charge in [-0.1, -0.05) is 18.2 Å². The van der Waals surface area contributed by atoms with E-state index in [2.05, 4.69) is 26.4 Å². The van der Waals surface area contributed by atoms with Gasteiger partial charge in [0, 0.05) is 37.5 Å². The van der Waals surface area contributed by atoms with Crippen LogP contribution in [0, 0.1) is 0 Å². The quantitative estimate of drug-likeness (QED) is 0.534. The van der Waals surface area contributed by atoms with E-state index in [-0.39, 0.29) is 0 Å². The first-order valence-electron chi connectivity index (χ1n) is 8.54. The summed E-state index contributed by atoms with van der Waals surface area (Å²) in [6, 6.07) is 13.7. The lowest BCUT2D eigenvalue weighted by Gasteiger charge is -2.14. The topological polar surface area (TPSA) is 57.8 Å². The van der Waals surface area contributed by atoms with Crippen molar-refractivity contribution in [3.05, 3.63) is 79.1 Å². The summed E-state index contributed by atoms with van der Waals surface area (Å²) in [6.45, 7) is 3.33. The average Bonchev–Trinajstić information content (AvgIpc) is 3.36. The van der Waals surface area contributed by atoms with E-state index in [4.69, 9.17) is 4.74 Å². The van der Waals surface area contributed by atoms with E-state index in [1.54, 1.807) is 18.6 Å². The summed E-state index contributed by atoms with van der Waals surface area (Å²) in [6.07, 6.45) is 9.22. The lowest BCUT2D eigenvalue weighted by Crippen LogP contribution is -2.05. The summed E-state index contributed by atoms with van der Waals surface area (Å²) < 4.78 is 10.1. The molecule has 0 saturated heterocycles. The summed E-state index contributed by atoms with van der Waals surface area (Å²) in [5, 5.41) is 0. The third kappa shape index (κ3) is 3.09. The van der Waals surface area contributed by atoms with Crippen LogP contribution in [0.4, 0.5) is 0 Å². The maximum Gasteiger partial charge on any atom is 0.181 e. The average molecular weight is 345 g/mol. The Balaban J connectivity index is 1.68. The summed E-state index contributed by atoms with van der Waals surface area (Å²) in [5.41, 5.74) is 1.80. The van der Waals surface area contributed by atoms with Gasteiger partial charge in [0.05, 0.1) is 11.4 Å². The molecule has 0 radical (unpaired) electrons. The second kappa shape index (κ2) is 7.23. The highest BCUT2D eigenvalue weighted by Gasteiger charge is 2.15. The molecule has 0 amide bonds. The monoisotopic (exact) mass is 345 g/mol. The van der Waals surface area contributed by atoms with E-state index in [1.165, 1.54) is 0 Å². The van der Waals surface area contributed by atoms with Gasteiger partial charge < -0.3 is 9.30 Å². The molecular formula is C20H19N5O. The van der Waals surface area contributed by atoms with Gasteiger partial charge in [-0.25, -0.2) is 9.97 Å². The molecule has 3 heterocycles. The molecule has 0 aliphatic rings. The first kappa shape index (κ1) is 16.1. The SMILES string of the molecule is CCn1ccnc1-c1nccn1-c1ccccc1OCc1ccccn1. The van der Waals surface area contributed by atoms with Crippen molar-refractivity contribution in [3.8, 4) is 23.1 Å². The molecule has 0 saturated carbocycles. The molecule has 0 atom stereocenters. The van der Waals surface area contributed by atoms with Crippen LogP contribution in [0.3, 0.4) is 0 Å². The van der Waals surface area contributed by atoms with Crippen LogP contribution in [0.2, 0.25) is 0 Å². The smallest absolute Gasteiger partial charge is 0.181 e. The van der Waals surface area contributed by atoms with E-state index in [9.17, 15) is 0 Å². The second-order valence-electron chi connectivity index (χ2n) is 5.74. The Labute approximate surface area is 151 Å². The molecule has 4 rings (SSSR count). The van der Waals surface area contributed by atoms with Crippen LogP contribution in [0.25, 0.3) is 17.3 Å². The lowest BCUT2D eigenvalue weighted by molar-refractivity contribution is 0.300. The molecule has 0 unspecified atom stereocenters. The van der Waals surface area contributed by atoms with Gasteiger partial charge >= 0.3 is 0 Å². The Bertz CT molecular complexity index is 990. The summed E-state index contributed by atoms with van der Waals surface area (Å²) in [4.78, 5) is 13.3. The van der Waals surface area contributed by atoms with Crippen molar-refractivity contribution >= 4 is 0 Å². The maximum absolute atomic E-state index is 6.04. The Kier molecular flexibility index (Phi) is 4.47. The fraction of sp³-hybridized carbons (Fsp3) is 0.150. The number of hydrogen-bond donors (Lipinski definition) is 0. The molecule has 6 heteroatoms. The Morgan fingerprint density at radius 3 is 2.50 bits per heavy atom. The first-order valence-corrected chi connectivity index (χ1v) is 8.54. The molecule has 4 aromatic rings. The zero-order valence-electron chi connectivity index (χ0n) is 14.5. The van der Waals surface area contributed by atoms with Crippen molar-refractivity contribution in [1.29, 1.82) is 0 Å². The van der Waals surface area contributed by atoms with E-state index < -0.39 is 0 Å². The number of ether oxygens (including phenoxy) is 1. The van der Waals surface area contributed by atoms with Gasteiger partial charge in [0.25, 0.3) is 0 Å². The maximum atomic E-state index is 6.04. The third-order valence-electron chi connectivity index (χ3n) is 4.12. The molecule has 3 aromatic heterocycles. The molecular weight excluding hydrogens is 326 g/mol. The Morgan fingerprint density at radius 1 is 0.846 bits per heavy atom. The number of pyridine rings is 1. The van der Waals surface area contributed by atoms with Crippen LogP contribution in [0.1, 0.15) is 12.6 Å². The van der Waals surface area contributed by atoms with Crippen LogP contribution >= 0.6 is 0 Å². The first-order chi connectivity index (χ1) is 12.9. The standard InChI is InChI=1S/C20H19N5O/c1-2-24-13-11-22-19(24)20-23-12-14-25(20)17-8-3-4-9-18(17)26-15-16-7-5-6-10-21-16/h3-14H,2,15H2,1H3. The molecule has 0 aliphatic heterocycles. The van der Waals surface area contributed by atoms with Crippen LogP contribution in [-0.2, 0) is 13.2 Å². The van der Waals surface area contributed by atoms with Gasteiger partial charge in [0.15, 0.2) is 11.6 Å². The molecule has 6 nitrogen and oxygen atoms in total. The highest BCUT2D eigenvalue weighted by molar-refractivity contribution is 5.55. The zero-order chi connectivity index (χ0) is 17.8. The number of rotatable bonds is 6. The number of imidazole rings is 2. The van der Waals surface area contributed by atoms with Gasteiger partial charge in [-0.15, -0.1) is 0 Å². The number of aryl methyl sites for hydroxylation is 1. The highest BCUT2D eigenvalue weighted by atomic mass is 16.5. The fourth-order valence-electron chi connectivity index (χ4n) is 2.85. The van der Waals surface area contributed by atoms with Crippen molar-refractivity contribution < 1.29 is 4.74 Å². The zero-order valence-corrected chi connectivity index (χ0v) is 14.5. The van der Waals surface area contributed by atoms with Crippen molar-refractivity contribution in [3.63, 3.8) is 0 Å². The predicted molar refractivity (Wildman–Crippen MR) is 99.0 cm³/mol. The summed E-state index contributed by atoms with van der Waals surface area (Å²) in [7, 11) is 0. The number of para-hydroxylation sites is 2. The van der Waals surface area contributed by atoms with Gasteiger partial charge in [0.1, 0.15) is 12.4 Å². The van der Waals surface area contributed by atoms with Crippen LogP contribution in [0.5, 0.6) is 5.75 Å². The van der Waals surface area contributed by atoms with E-state index in [0.29, 0.717) is 6.61 Å². The number of benzene rings is 1. The number of aromatic nitrogens is 5. The number of nitrogens with zero attached hydrogens (tertiary/aromatic N) is 5. The minimum absolute atomic E-state index is 0.408. The molecule has 0 aliphatic carbocycles. The predicted octanol–water partition coefficient (Wildman–Crippen LogP) is 3.73. The van der Waals surface area contributed by atoms with Gasteiger partial charge in [-0.2, -0.15) is 0 Å². The molecule has 1 aromatic carbocycles. The minimum Gasteiger partial charge on any atom is -0.485 e. The van der Waals surface area contributed by atoms with Gasteiger partial charge in [0.2, 0.25) is 0 Å². The van der Waals surface area contributed by atoms with Crippen molar-refractivity contribution in [2.75, 3.05) is 0 Å². The molecule has 0 bridgehead atoms. The number of hydrogen-bond acceptors (Lipinski definition) is 4. The van der Waals surface area contributed by atoms with Crippen molar-refractivity contribution in [1.82, 2.24) is 24.1 Å². The second-order valence-corrected chi connectivity index (χ2v) is 5.74. The lowest BCUT2D eigenvalue weighted by atomic mass is 10.3. The normalized spacial score (nSPS) is 10.8. The molecule has 130 valence electrons. The third-order valence-corrected chi connectivity index (χ3v) is 4.12. The van der Waals surface area contributed by atoms with Gasteiger partial charge in [-0.05, 0) is 31.2 Å². The highest BCUT2D eigenvalue weighted by Crippen LogP contribution is 2.27. The molecule has 0 fully saturated rings. The van der Waals surface area contributed by atoms with Crippen LogP contribution in [0.15, 0.2) is 73.4 Å². The molecule has 0 spiro atoms. The molecule has 0 N–H and O–H groups in total. The van der Waals surface area contributed by atoms with E-state index in [0.717, 1.165) is 35.3 Å². The summed E-state index contributed by atoms with van der Waals surface area (Å²) in [5.74, 6) is 2.38. The van der Waals surface area contributed by atoms with Crippen molar-refractivity contribution in [2.45, 2.75) is 20.1 Å². The van der Waals surface area contributed by atoms with E-state index in [1.807, 2.05) is 59.4 Å². The van der Waals surface area contributed by atoms with Crippen LogP contribution < -0.4 is 4.74 Å². The van der Waals surface area contributed by atoms with Crippen LogP contribution in [-0.4, -0.2) is 24.1 Å². The minimum atomic E-state index is 0.408. The molecule has 26 heavy (non-hydrogen) atoms. The fourth-order valence-corrected chi connectivity index (χ4v) is 2.85. The largest absolute Gasteiger partial charge is 0.485 e. The van der Waals surface area contributed by atoms with Gasteiger partial charge in [-0.3, -0.25) is 9.55 Å².